The number of fused-ring (bicyclic) bond motifs is 4. The van der Waals surface area contributed by atoms with Gasteiger partial charge in [-0.2, -0.15) is 8.42 Å². The predicted molar refractivity (Wildman–Crippen MR) is 98.8 cm³/mol. The van der Waals surface area contributed by atoms with Crippen LogP contribution in [0.4, 0.5) is 0 Å². The number of rotatable bonds is 3. The van der Waals surface area contributed by atoms with Crippen molar-refractivity contribution in [3.8, 4) is 23.0 Å². The van der Waals surface area contributed by atoms with E-state index in [0.717, 1.165) is 41.5 Å². The van der Waals surface area contributed by atoms with E-state index in [1.807, 2.05) is 6.07 Å². The van der Waals surface area contributed by atoms with Gasteiger partial charge in [-0.25, -0.2) is 0 Å². The number of hydrogen-bond donors (Lipinski definition) is 2. The Morgan fingerprint density at radius 2 is 1.93 bits per heavy atom. The number of hydrogen-bond acceptors (Lipinski definition) is 7. The van der Waals surface area contributed by atoms with Gasteiger partial charge in [-0.05, 0) is 47.7 Å². The van der Waals surface area contributed by atoms with Crippen LogP contribution >= 0.6 is 0 Å². The van der Waals surface area contributed by atoms with Crippen molar-refractivity contribution in [2.45, 2.75) is 25.4 Å². The molecule has 7 nitrogen and oxygen atoms in total. The van der Waals surface area contributed by atoms with Crippen molar-refractivity contribution in [3.05, 3.63) is 46.5 Å². The molecule has 27 heavy (non-hydrogen) atoms. The van der Waals surface area contributed by atoms with Gasteiger partial charge in [0, 0.05) is 24.7 Å². The lowest BCUT2D eigenvalue weighted by atomic mass is 9.83. The van der Waals surface area contributed by atoms with Crippen LogP contribution in [0.3, 0.4) is 0 Å². The van der Waals surface area contributed by atoms with Gasteiger partial charge in [0.1, 0.15) is 0 Å². The molecule has 0 amide bonds. The summed E-state index contributed by atoms with van der Waals surface area (Å²) in [5.41, 5.74) is 4.00. The molecule has 2 aliphatic rings. The third-order valence-electron chi connectivity index (χ3n) is 5.25. The molecule has 0 saturated heterocycles. The number of ether oxygens (including phenoxy) is 1. The zero-order chi connectivity index (χ0) is 19.3. The molecule has 8 heteroatoms. The first-order valence-corrected chi connectivity index (χ1v) is 10.5. The molecule has 0 saturated carbocycles. The van der Waals surface area contributed by atoms with E-state index in [2.05, 4.69) is 4.90 Å². The van der Waals surface area contributed by atoms with Crippen molar-refractivity contribution in [1.29, 1.82) is 0 Å². The highest BCUT2D eigenvalue weighted by Gasteiger charge is 2.35. The second kappa shape index (κ2) is 6.31. The van der Waals surface area contributed by atoms with Gasteiger partial charge in [0.05, 0.1) is 13.4 Å². The first kappa shape index (κ1) is 17.9. The summed E-state index contributed by atoms with van der Waals surface area (Å²) >= 11 is 0. The summed E-state index contributed by atoms with van der Waals surface area (Å²) in [4.78, 5) is 2.27. The van der Waals surface area contributed by atoms with Crippen LogP contribution in [-0.4, -0.2) is 43.4 Å². The van der Waals surface area contributed by atoms with Crippen LogP contribution in [0.15, 0.2) is 24.3 Å². The molecule has 2 heterocycles. The van der Waals surface area contributed by atoms with Gasteiger partial charge in [0.25, 0.3) is 0 Å². The molecule has 0 radical (unpaired) electrons. The number of methoxy groups -OCH3 is 1. The highest BCUT2D eigenvalue weighted by atomic mass is 32.2. The minimum Gasteiger partial charge on any atom is -0.504 e. The van der Waals surface area contributed by atoms with Crippen LogP contribution in [0.1, 0.15) is 28.3 Å². The maximum absolute atomic E-state index is 11.5. The topological polar surface area (TPSA) is 96.3 Å². The molecule has 1 atom stereocenters. The summed E-state index contributed by atoms with van der Waals surface area (Å²) in [6, 6.07) is 6.79. The van der Waals surface area contributed by atoms with Gasteiger partial charge in [0.2, 0.25) is 0 Å². The molecule has 2 aliphatic heterocycles. The van der Waals surface area contributed by atoms with E-state index in [4.69, 9.17) is 8.92 Å². The zero-order valence-electron chi connectivity index (χ0n) is 15.1. The smallest absolute Gasteiger partial charge is 0.306 e. The maximum atomic E-state index is 11.5. The van der Waals surface area contributed by atoms with Crippen molar-refractivity contribution in [1.82, 2.24) is 4.90 Å². The van der Waals surface area contributed by atoms with Crippen LogP contribution in [-0.2, 0) is 29.5 Å². The molecule has 2 aromatic rings. The second-order valence-corrected chi connectivity index (χ2v) is 8.58. The van der Waals surface area contributed by atoms with Crippen LogP contribution in [0.2, 0.25) is 0 Å². The molecule has 0 aromatic heterocycles. The van der Waals surface area contributed by atoms with Gasteiger partial charge in [-0.3, -0.25) is 4.90 Å². The number of phenols is 2. The predicted octanol–water partition coefficient (Wildman–Crippen LogP) is 2.10. The number of phenolic OH excluding ortho intramolecular Hbond substituents is 2. The Balaban J connectivity index is 1.76. The van der Waals surface area contributed by atoms with E-state index >= 15 is 0 Å². The Hall–Kier alpha value is -2.45. The SMILES string of the molecule is COc1c(O)ccc2c1CN1CCc3cc(O)c(OS(C)(=O)=O)cc3[C@@H]1C2. The van der Waals surface area contributed by atoms with Crippen LogP contribution in [0, 0.1) is 0 Å². The Bertz CT molecular complexity index is 1020. The van der Waals surface area contributed by atoms with Gasteiger partial charge >= 0.3 is 10.1 Å². The Labute approximate surface area is 157 Å². The van der Waals surface area contributed by atoms with Crippen molar-refractivity contribution >= 4 is 10.1 Å². The molecule has 0 bridgehead atoms. The maximum Gasteiger partial charge on any atom is 0.306 e. The van der Waals surface area contributed by atoms with Gasteiger partial charge in [-0.15, -0.1) is 0 Å². The molecule has 0 aliphatic carbocycles. The minimum atomic E-state index is -3.74. The fourth-order valence-corrected chi connectivity index (χ4v) is 4.55. The zero-order valence-corrected chi connectivity index (χ0v) is 15.9. The van der Waals surface area contributed by atoms with E-state index < -0.39 is 10.1 Å². The molecule has 4 rings (SSSR count). The van der Waals surface area contributed by atoms with E-state index in [0.29, 0.717) is 18.7 Å². The van der Waals surface area contributed by atoms with Crippen molar-refractivity contribution in [2.75, 3.05) is 19.9 Å². The molecule has 2 aromatic carbocycles. The molecular weight excluding hydrogens is 370 g/mol. The molecule has 0 fully saturated rings. The lowest BCUT2D eigenvalue weighted by Crippen LogP contribution is -2.39. The lowest BCUT2D eigenvalue weighted by Gasteiger charge is -2.42. The van der Waals surface area contributed by atoms with E-state index in [-0.39, 0.29) is 23.3 Å². The van der Waals surface area contributed by atoms with Crippen LogP contribution < -0.4 is 8.92 Å². The monoisotopic (exact) mass is 391 g/mol. The summed E-state index contributed by atoms with van der Waals surface area (Å²) in [5.74, 6) is 0.409. The summed E-state index contributed by atoms with van der Waals surface area (Å²) in [6.07, 6.45) is 2.38. The van der Waals surface area contributed by atoms with Crippen molar-refractivity contribution in [2.24, 2.45) is 0 Å². The molecular formula is C19H21NO6S. The van der Waals surface area contributed by atoms with E-state index in [9.17, 15) is 18.6 Å². The summed E-state index contributed by atoms with van der Waals surface area (Å²) in [5, 5.41) is 20.2. The third kappa shape index (κ3) is 3.19. The summed E-state index contributed by atoms with van der Waals surface area (Å²) in [7, 11) is -2.19. The molecule has 0 spiro atoms. The van der Waals surface area contributed by atoms with Gasteiger partial charge in [0.15, 0.2) is 23.0 Å². The fourth-order valence-electron chi connectivity index (χ4n) is 4.09. The standard InChI is InChI=1S/C19H21NO6S/c1-25-19-14-10-20-6-5-12-8-17(22)18(26-27(2,23)24)9-13(12)15(20)7-11(14)3-4-16(19)21/h3-4,8-9,15,21-22H,5-7,10H2,1-2H3/t15-/m0/s1. The van der Waals surface area contributed by atoms with Crippen molar-refractivity contribution < 1.29 is 27.6 Å². The first-order valence-electron chi connectivity index (χ1n) is 8.64. The fraction of sp³-hybridized carbons (Fsp3) is 0.368. The number of benzene rings is 2. The third-order valence-corrected chi connectivity index (χ3v) is 5.73. The van der Waals surface area contributed by atoms with E-state index in [1.54, 1.807) is 25.3 Å². The quantitative estimate of drug-likeness (QED) is 0.774. The van der Waals surface area contributed by atoms with Crippen LogP contribution in [0.25, 0.3) is 0 Å². The summed E-state index contributed by atoms with van der Waals surface area (Å²) in [6.45, 7) is 1.42. The van der Waals surface area contributed by atoms with E-state index in [1.165, 1.54) is 0 Å². The van der Waals surface area contributed by atoms with Crippen molar-refractivity contribution in [3.63, 3.8) is 0 Å². The Morgan fingerprint density at radius 1 is 1.15 bits per heavy atom. The average Bonchev–Trinajstić information content (AvgIpc) is 2.60. The highest BCUT2D eigenvalue weighted by Crippen LogP contribution is 2.45. The Morgan fingerprint density at radius 3 is 2.63 bits per heavy atom. The van der Waals surface area contributed by atoms with Gasteiger partial charge < -0.3 is 19.1 Å². The Kier molecular flexibility index (Phi) is 4.20. The molecule has 144 valence electrons. The lowest BCUT2D eigenvalue weighted by molar-refractivity contribution is 0.157. The normalized spacial score (nSPS) is 19.0. The van der Waals surface area contributed by atoms with Crippen LogP contribution in [0.5, 0.6) is 23.0 Å². The number of nitrogens with zero attached hydrogens (tertiary/aromatic N) is 1. The minimum absolute atomic E-state index is 0.0398. The average molecular weight is 391 g/mol. The van der Waals surface area contributed by atoms with Gasteiger partial charge in [-0.1, -0.05) is 6.07 Å². The molecule has 2 N–H and O–H groups in total. The second-order valence-electron chi connectivity index (χ2n) is 7.00. The largest absolute Gasteiger partial charge is 0.504 e. The summed E-state index contributed by atoms with van der Waals surface area (Å²) < 4.78 is 33.3. The first-order chi connectivity index (χ1) is 12.8. The number of aromatic hydroxyl groups is 2. The molecule has 0 unspecified atom stereocenters. The highest BCUT2D eigenvalue weighted by molar-refractivity contribution is 7.86.